The van der Waals surface area contributed by atoms with Crippen molar-refractivity contribution in [3.05, 3.63) is 59.0 Å². The van der Waals surface area contributed by atoms with Crippen molar-refractivity contribution in [2.24, 2.45) is 5.73 Å². The van der Waals surface area contributed by atoms with Crippen LogP contribution in [0, 0.1) is 5.41 Å². The van der Waals surface area contributed by atoms with Gasteiger partial charge in [0.25, 0.3) is 0 Å². The van der Waals surface area contributed by atoms with Crippen LogP contribution >= 0.6 is 0 Å². The lowest BCUT2D eigenvalue weighted by atomic mass is 10.1. The zero-order chi connectivity index (χ0) is 15.8. The zero-order valence-electron chi connectivity index (χ0n) is 12.2. The number of nitrogens with one attached hydrogen (secondary N) is 3. The van der Waals surface area contributed by atoms with Crippen molar-refractivity contribution in [2.75, 3.05) is 0 Å². The molecule has 0 atom stereocenters. The molecule has 0 amide bonds. The van der Waals surface area contributed by atoms with E-state index < -0.39 is 0 Å². The number of fused-ring (bicyclic) bond motifs is 1. The third-order valence-electron chi connectivity index (χ3n) is 3.78. The smallest absolute Gasteiger partial charge is 0.142 e. The quantitative estimate of drug-likeness (QED) is 0.565. The van der Waals surface area contributed by atoms with Gasteiger partial charge in [0.15, 0.2) is 0 Å². The Morgan fingerprint density at radius 2 is 1.96 bits per heavy atom. The molecule has 5 N–H and O–H groups in total. The number of aromatic nitrogens is 4. The SMILES string of the molecule is N=C1C=c2[nH]c(-c3c[nH]nc3-c3ccccc3)nc2=C/C1=C/N. The van der Waals surface area contributed by atoms with E-state index in [9.17, 15) is 0 Å². The molecule has 0 unspecified atom stereocenters. The van der Waals surface area contributed by atoms with E-state index in [1.54, 1.807) is 12.2 Å². The molecule has 0 saturated carbocycles. The predicted octanol–water partition coefficient (Wildman–Crippen LogP) is 0.904. The molecule has 2 heterocycles. The summed E-state index contributed by atoms with van der Waals surface area (Å²) in [5, 5.41) is 16.7. The summed E-state index contributed by atoms with van der Waals surface area (Å²) in [6.07, 6.45) is 6.77. The minimum absolute atomic E-state index is 0.366. The summed E-state index contributed by atoms with van der Waals surface area (Å²) in [6, 6.07) is 9.93. The van der Waals surface area contributed by atoms with E-state index in [1.165, 1.54) is 6.20 Å². The summed E-state index contributed by atoms with van der Waals surface area (Å²) in [5.74, 6) is 0.709. The van der Waals surface area contributed by atoms with Crippen molar-refractivity contribution in [1.29, 1.82) is 5.41 Å². The van der Waals surface area contributed by atoms with Crippen molar-refractivity contribution >= 4 is 17.9 Å². The van der Waals surface area contributed by atoms with E-state index in [-0.39, 0.29) is 0 Å². The average molecular weight is 302 g/mol. The van der Waals surface area contributed by atoms with Gasteiger partial charge in [-0.05, 0) is 12.2 Å². The summed E-state index contributed by atoms with van der Waals surface area (Å²) < 4.78 is 0. The molecule has 0 aliphatic heterocycles. The lowest BCUT2D eigenvalue weighted by molar-refractivity contribution is 1.10. The lowest BCUT2D eigenvalue weighted by Crippen LogP contribution is -2.30. The first-order valence-corrected chi connectivity index (χ1v) is 7.16. The third kappa shape index (κ3) is 2.17. The van der Waals surface area contributed by atoms with Crippen molar-refractivity contribution in [1.82, 2.24) is 20.2 Å². The molecule has 0 bridgehead atoms. The zero-order valence-corrected chi connectivity index (χ0v) is 12.2. The molecular formula is C17H14N6. The highest BCUT2D eigenvalue weighted by Crippen LogP contribution is 2.26. The van der Waals surface area contributed by atoms with Gasteiger partial charge in [0, 0.05) is 23.5 Å². The largest absolute Gasteiger partial charge is 0.404 e. The Hall–Kier alpha value is -3.41. The second kappa shape index (κ2) is 5.10. The summed E-state index contributed by atoms with van der Waals surface area (Å²) in [7, 11) is 0. The highest BCUT2D eigenvalue weighted by atomic mass is 15.1. The molecule has 0 spiro atoms. The van der Waals surface area contributed by atoms with E-state index >= 15 is 0 Å². The molecule has 23 heavy (non-hydrogen) atoms. The molecular weight excluding hydrogens is 288 g/mol. The van der Waals surface area contributed by atoms with Crippen molar-refractivity contribution < 1.29 is 0 Å². The van der Waals surface area contributed by atoms with Crippen LogP contribution in [0.3, 0.4) is 0 Å². The fraction of sp³-hybridized carbons (Fsp3) is 0. The monoisotopic (exact) mass is 302 g/mol. The number of rotatable bonds is 2. The minimum atomic E-state index is 0.366. The van der Waals surface area contributed by atoms with Crippen LogP contribution in [0.5, 0.6) is 0 Å². The standard InChI is InChI=1S/C17H14N6/c18-8-11-6-14-15(7-13(11)19)22-17(21-14)12-9-20-23-16(12)10-4-2-1-3-5-10/h1-9,19H,18H2,(H,20,23)(H,21,22)/b11-8-,19-13?. The molecule has 0 saturated heterocycles. The van der Waals surface area contributed by atoms with Crippen molar-refractivity contribution in [3.63, 3.8) is 0 Å². The molecule has 112 valence electrons. The van der Waals surface area contributed by atoms with Crippen LogP contribution in [0.25, 0.3) is 34.8 Å². The first-order chi connectivity index (χ1) is 11.3. The third-order valence-corrected chi connectivity index (χ3v) is 3.78. The maximum Gasteiger partial charge on any atom is 0.142 e. The number of hydrogen-bond donors (Lipinski definition) is 4. The summed E-state index contributed by atoms with van der Waals surface area (Å²) in [6.45, 7) is 0. The first kappa shape index (κ1) is 13.3. The number of benzene rings is 1. The van der Waals surface area contributed by atoms with Gasteiger partial charge in [0.05, 0.1) is 22.0 Å². The summed E-state index contributed by atoms with van der Waals surface area (Å²) >= 11 is 0. The van der Waals surface area contributed by atoms with Crippen molar-refractivity contribution in [3.8, 4) is 22.6 Å². The van der Waals surface area contributed by atoms with Crippen LogP contribution in [0.2, 0.25) is 0 Å². The highest BCUT2D eigenvalue weighted by Gasteiger charge is 2.15. The number of imidazole rings is 1. The van der Waals surface area contributed by atoms with Gasteiger partial charge >= 0.3 is 0 Å². The molecule has 1 aromatic carbocycles. The first-order valence-electron chi connectivity index (χ1n) is 7.16. The van der Waals surface area contributed by atoms with Gasteiger partial charge in [-0.2, -0.15) is 5.10 Å². The number of allylic oxidation sites excluding steroid dienone is 1. The highest BCUT2D eigenvalue weighted by molar-refractivity contribution is 6.23. The van der Waals surface area contributed by atoms with Crippen LogP contribution in [0.4, 0.5) is 0 Å². The van der Waals surface area contributed by atoms with E-state index in [0.717, 1.165) is 27.5 Å². The van der Waals surface area contributed by atoms with Gasteiger partial charge < -0.3 is 16.1 Å². The van der Waals surface area contributed by atoms with Crippen molar-refractivity contribution in [2.45, 2.75) is 0 Å². The Morgan fingerprint density at radius 1 is 1.13 bits per heavy atom. The van der Waals surface area contributed by atoms with E-state index in [0.29, 0.717) is 17.1 Å². The van der Waals surface area contributed by atoms with Gasteiger partial charge in [-0.15, -0.1) is 0 Å². The fourth-order valence-electron chi connectivity index (χ4n) is 2.62. The van der Waals surface area contributed by atoms with Crippen LogP contribution in [0.15, 0.2) is 48.3 Å². The van der Waals surface area contributed by atoms with Crippen LogP contribution in [-0.4, -0.2) is 25.9 Å². The predicted molar refractivity (Wildman–Crippen MR) is 89.8 cm³/mol. The second-order valence-electron chi connectivity index (χ2n) is 5.22. The Kier molecular flexibility index (Phi) is 2.94. The maximum absolute atomic E-state index is 7.94. The Morgan fingerprint density at radius 3 is 2.74 bits per heavy atom. The Balaban J connectivity index is 1.89. The van der Waals surface area contributed by atoms with Gasteiger partial charge in [-0.1, -0.05) is 30.3 Å². The number of H-pyrrole nitrogens is 2. The second-order valence-corrected chi connectivity index (χ2v) is 5.22. The van der Waals surface area contributed by atoms with E-state index in [4.69, 9.17) is 11.1 Å². The molecule has 2 aromatic heterocycles. The molecule has 0 fully saturated rings. The van der Waals surface area contributed by atoms with Crippen LogP contribution in [-0.2, 0) is 0 Å². The lowest BCUT2D eigenvalue weighted by Gasteiger charge is -2.00. The molecule has 6 heteroatoms. The van der Waals surface area contributed by atoms with Crippen LogP contribution in [0.1, 0.15) is 0 Å². The normalized spacial score (nSPS) is 15.1. The molecule has 1 aliphatic carbocycles. The summed E-state index contributed by atoms with van der Waals surface area (Å²) in [4.78, 5) is 7.87. The topological polar surface area (TPSA) is 107 Å². The molecule has 3 aromatic rings. The van der Waals surface area contributed by atoms with E-state index in [2.05, 4.69) is 20.2 Å². The van der Waals surface area contributed by atoms with E-state index in [1.807, 2.05) is 36.5 Å². The molecule has 4 rings (SSSR count). The fourth-order valence-corrected chi connectivity index (χ4v) is 2.62. The van der Waals surface area contributed by atoms with Gasteiger partial charge in [0.1, 0.15) is 11.5 Å². The summed E-state index contributed by atoms with van der Waals surface area (Å²) in [5.41, 5.74) is 9.31. The number of nitrogens with zero attached hydrogens (tertiary/aromatic N) is 2. The number of aromatic amines is 2. The molecule has 1 aliphatic rings. The molecule has 0 radical (unpaired) electrons. The minimum Gasteiger partial charge on any atom is -0.404 e. The van der Waals surface area contributed by atoms with Gasteiger partial charge in [-0.3, -0.25) is 5.10 Å². The Labute approximate surface area is 131 Å². The van der Waals surface area contributed by atoms with Gasteiger partial charge in [-0.25, -0.2) is 4.98 Å². The maximum atomic E-state index is 7.94. The molecule has 6 nitrogen and oxygen atoms in total. The van der Waals surface area contributed by atoms with Crippen LogP contribution < -0.4 is 16.4 Å². The Bertz CT molecular complexity index is 1040. The van der Waals surface area contributed by atoms with Gasteiger partial charge in [0.2, 0.25) is 0 Å². The number of nitrogens with two attached hydrogens (primary N) is 1. The average Bonchev–Trinajstić information content (AvgIpc) is 3.20. The number of hydrogen-bond acceptors (Lipinski definition) is 4.